The van der Waals surface area contributed by atoms with Crippen molar-refractivity contribution in [3.63, 3.8) is 0 Å². The molecule has 1 aromatic rings. The van der Waals surface area contributed by atoms with E-state index in [1.54, 1.807) is 32.2 Å². The summed E-state index contributed by atoms with van der Waals surface area (Å²) in [6, 6.07) is 5.22. The number of carbonyl (C=O) groups is 2. The van der Waals surface area contributed by atoms with Gasteiger partial charge >= 0.3 is 0 Å². The molecule has 4 nitrogen and oxygen atoms in total. The molecule has 1 aliphatic rings. The summed E-state index contributed by atoms with van der Waals surface area (Å²) in [4.78, 5) is 25.0. The zero-order chi connectivity index (χ0) is 12.8. The van der Waals surface area contributed by atoms with E-state index in [2.05, 4.69) is 5.32 Å². The summed E-state index contributed by atoms with van der Waals surface area (Å²) < 4.78 is 0. The summed E-state index contributed by atoms with van der Waals surface area (Å²) in [6.07, 6.45) is 0. The number of amides is 2. The molecule has 90 valence electrons. The Morgan fingerprint density at radius 3 is 2.71 bits per heavy atom. The lowest BCUT2D eigenvalue weighted by atomic mass is 9.93. The molecule has 0 aliphatic carbocycles. The van der Waals surface area contributed by atoms with Gasteiger partial charge in [0.05, 0.1) is 0 Å². The normalized spacial score (nSPS) is 22.6. The van der Waals surface area contributed by atoms with E-state index in [4.69, 9.17) is 11.6 Å². The molecule has 0 radical (unpaired) electrons. The van der Waals surface area contributed by atoms with E-state index in [0.29, 0.717) is 5.02 Å². The van der Waals surface area contributed by atoms with Crippen molar-refractivity contribution in [3.8, 4) is 0 Å². The quantitative estimate of drug-likeness (QED) is 0.827. The fraction of sp³-hybridized carbons (Fsp3) is 0.333. The lowest BCUT2D eigenvalue weighted by molar-refractivity contribution is -0.129. The molecular weight excluding hydrogens is 240 g/mol. The predicted octanol–water partition coefficient (Wildman–Crippen LogP) is 1.67. The van der Waals surface area contributed by atoms with Gasteiger partial charge in [0.2, 0.25) is 5.91 Å². The van der Waals surface area contributed by atoms with E-state index in [1.807, 2.05) is 0 Å². The minimum absolute atomic E-state index is 0.162. The van der Waals surface area contributed by atoms with Crippen LogP contribution in [0, 0.1) is 0 Å². The van der Waals surface area contributed by atoms with Crippen LogP contribution < -0.4 is 10.2 Å². The third-order valence-electron chi connectivity index (χ3n) is 3.02. The maximum atomic E-state index is 12.2. The first kappa shape index (κ1) is 11.9. The summed E-state index contributed by atoms with van der Waals surface area (Å²) in [6.45, 7) is 3.08. The highest BCUT2D eigenvalue weighted by atomic mass is 35.5. The van der Waals surface area contributed by atoms with Gasteiger partial charge in [0.15, 0.2) is 0 Å². The average Bonchev–Trinajstić information content (AvgIpc) is 2.41. The van der Waals surface area contributed by atoms with Crippen LogP contribution in [0.25, 0.3) is 0 Å². The van der Waals surface area contributed by atoms with Crippen molar-refractivity contribution in [1.82, 2.24) is 5.32 Å². The Bertz CT molecular complexity index is 515. The summed E-state index contributed by atoms with van der Waals surface area (Å²) >= 11 is 5.94. The van der Waals surface area contributed by atoms with Gasteiger partial charge < -0.3 is 10.2 Å². The van der Waals surface area contributed by atoms with Crippen molar-refractivity contribution in [3.05, 3.63) is 28.8 Å². The molecule has 0 bridgehead atoms. The van der Waals surface area contributed by atoms with Crippen LogP contribution in [-0.2, 0) is 15.1 Å². The Morgan fingerprint density at radius 1 is 1.47 bits per heavy atom. The second-order valence-electron chi connectivity index (χ2n) is 4.33. The molecule has 2 amide bonds. The van der Waals surface area contributed by atoms with E-state index in [1.165, 1.54) is 11.8 Å². The zero-order valence-corrected chi connectivity index (χ0v) is 10.6. The van der Waals surface area contributed by atoms with Crippen LogP contribution in [0.1, 0.15) is 19.4 Å². The fourth-order valence-electron chi connectivity index (χ4n) is 2.23. The average molecular weight is 253 g/mol. The highest BCUT2D eigenvalue weighted by Crippen LogP contribution is 2.40. The van der Waals surface area contributed by atoms with Gasteiger partial charge in [-0.1, -0.05) is 11.6 Å². The molecule has 17 heavy (non-hydrogen) atoms. The maximum absolute atomic E-state index is 12.2. The number of anilines is 1. The number of nitrogens with one attached hydrogen (secondary N) is 1. The van der Waals surface area contributed by atoms with Crippen LogP contribution in [0.2, 0.25) is 5.02 Å². The van der Waals surface area contributed by atoms with Crippen molar-refractivity contribution < 1.29 is 9.59 Å². The molecule has 0 aromatic heterocycles. The number of hydrogen-bond acceptors (Lipinski definition) is 2. The summed E-state index contributed by atoms with van der Waals surface area (Å²) in [5, 5.41) is 3.24. The molecule has 5 heteroatoms. The molecule has 1 N–H and O–H groups in total. The first-order chi connectivity index (χ1) is 7.86. The molecule has 0 saturated heterocycles. The standard InChI is InChI=1S/C12H13ClN2O2/c1-7(16)14-12(2)9-6-8(13)4-5-10(9)15(3)11(12)17/h4-6H,1-3H3,(H,14,16). The molecule has 0 saturated carbocycles. The fourth-order valence-corrected chi connectivity index (χ4v) is 2.41. The van der Waals surface area contributed by atoms with Crippen molar-refractivity contribution in [1.29, 1.82) is 0 Å². The Labute approximate surface area is 105 Å². The molecular formula is C12H13ClN2O2. The maximum Gasteiger partial charge on any atom is 0.256 e. The summed E-state index contributed by atoms with van der Waals surface area (Å²) in [5.74, 6) is -0.410. The second-order valence-corrected chi connectivity index (χ2v) is 4.77. The van der Waals surface area contributed by atoms with E-state index < -0.39 is 5.54 Å². The van der Waals surface area contributed by atoms with E-state index in [9.17, 15) is 9.59 Å². The van der Waals surface area contributed by atoms with Gasteiger partial charge in [0.25, 0.3) is 5.91 Å². The topological polar surface area (TPSA) is 49.4 Å². The molecule has 2 rings (SSSR count). The zero-order valence-electron chi connectivity index (χ0n) is 9.87. The van der Waals surface area contributed by atoms with Crippen LogP contribution in [-0.4, -0.2) is 18.9 Å². The highest BCUT2D eigenvalue weighted by molar-refractivity contribution is 6.31. The van der Waals surface area contributed by atoms with Gasteiger partial charge in [-0.15, -0.1) is 0 Å². The molecule has 1 aliphatic heterocycles. The second kappa shape index (κ2) is 3.74. The van der Waals surface area contributed by atoms with Crippen LogP contribution in [0.15, 0.2) is 18.2 Å². The molecule has 0 spiro atoms. The van der Waals surface area contributed by atoms with Crippen LogP contribution in [0.4, 0.5) is 5.69 Å². The van der Waals surface area contributed by atoms with E-state index in [0.717, 1.165) is 11.3 Å². The number of nitrogens with zero attached hydrogens (tertiary/aromatic N) is 1. The highest BCUT2D eigenvalue weighted by Gasteiger charge is 2.46. The first-order valence-corrected chi connectivity index (χ1v) is 5.61. The third-order valence-corrected chi connectivity index (χ3v) is 3.25. The van der Waals surface area contributed by atoms with Gasteiger partial charge in [0, 0.05) is 30.2 Å². The number of likely N-dealkylation sites (N-methyl/N-ethyl adjacent to an activating group) is 1. The molecule has 1 heterocycles. The Hall–Kier alpha value is -1.55. The predicted molar refractivity (Wildman–Crippen MR) is 66.0 cm³/mol. The number of carbonyl (C=O) groups excluding carboxylic acids is 2. The molecule has 1 unspecified atom stereocenters. The minimum atomic E-state index is -1.03. The number of rotatable bonds is 1. The van der Waals surface area contributed by atoms with Crippen LogP contribution in [0.3, 0.4) is 0 Å². The third kappa shape index (κ3) is 1.69. The Balaban J connectivity index is 2.60. The number of fused-ring (bicyclic) bond motifs is 1. The van der Waals surface area contributed by atoms with Crippen molar-refractivity contribution in [2.45, 2.75) is 19.4 Å². The van der Waals surface area contributed by atoms with Gasteiger partial charge in [-0.2, -0.15) is 0 Å². The van der Waals surface area contributed by atoms with Gasteiger partial charge in [-0.05, 0) is 25.1 Å². The van der Waals surface area contributed by atoms with Gasteiger partial charge in [0.1, 0.15) is 5.54 Å². The SMILES string of the molecule is CC(=O)NC1(C)C(=O)N(C)c2ccc(Cl)cc21. The number of hydrogen-bond donors (Lipinski definition) is 1. The summed E-state index contributed by atoms with van der Waals surface area (Å²) in [5.41, 5.74) is 0.476. The van der Waals surface area contributed by atoms with Crippen LogP contribution in [0.5, 0.6) is 0 Å². The Morgan fingerprint density at radius 2 is 2.12 bits per heavy atom. The first-order valence-electron chi connectivity index (χ1n) is 5.23. The molecule has 1 atom stereocenters. The Kier molecular flexibility index (Phi) is 2.62. The largest absolute Gasteiger partial charge is 0.338 e. The van der Waals surface area contributed by atoms with E-state index in [-0.39, 0.29) is 11.8 Å². The monoisotopic (exact) mass is 252 g/mol. The van der Waals surface area contributed by atoms with Crippen molar-refractivity contribution in [2.75, 3.05) is 11.9 Å². The lowest BCUT2D eigenvalue weighted by Crippen LogP contribution is -2.49. The van der Waals surface area contributed by atoms with Crippen molar-refractivity contribution >= 4 is 29.1 Å². The van der Waals surface area contributed by atoms with Gasteiger partial charge in [-0.25, -0.2) is 0 Å². The van der Waals surface area contributed by atoms with Crippen molar-refractivity contribution in [2.24, 2.45) is 0 Å². The van der Waals surface area contributed by atoms with Crippen LogP contribution >= 0.6 is 11.6 Å². The number of halogens is 1. The lowest BCUT2D eigenvalue weighted by Gasteiger charge is -2.24. The summed E-state index contributed by atoms with van der Waals surface area (Å²) in [7, 11) is 1.68. The van der Waals surface area contributed by atoms with E-state index >= 15 is 0 Å². The minimum Gasteiger partial charge on any atom is -0.338 e. The number of benzene rings is 1. The molecule has 0 fully saturated rings. The van der Waals surface area contributed by atoms with Gasteiger partial charge in [-0.3, -0.25) is 9.59 Å². The molecule has 1 aromatic carbocycles. The smallest absolute Gasteiger partial charge is 0.256 e.